The first-order valence-corrected chi connectivity index (χ1v) is 13.5. The number of halogens is 3. The minimum atomic E-state index is -5.68. The monoisotopic (exact) mass is 611 g/mol. The van der Waals surface area contributed by atoms with Crippen LogP contribution in [0.2, 0.25) is 0 Å². The molecule has 2 amide bonds. The highest BCUT2D eigenvalue weighted by molar-refractivity contribution is 7.89. The molecule has 42 heavy (non-hydrogen) atoms. The minimum Gasteiger partial charge on any atom is -0.493 e. The number of amides is 2. The van der Waals surface area contributed by atoms with Crippen LogP contribution in [0.4, 0.5) is 24.7 Å². The van der Waals surface area contributed by atoms with Gasteiger partial charge < -0.3 is 20.1 Å². The number of fused-ring (bicyclic) bond motifs is 1. The first-order chi connectivity index (χ1) is 19.6. The molecule has 0 bridgehead atoms. The van der Waals surface area contributed by atoms with Crippen molar-refractivity contribution in [2.24, 2.45) is 0 Å². The molecule has 0 spiro atoms. The van der Waals surface area contributed by atoms with E-state index in [0.29, 0.717) is 21.6 Å². The molecule has 3 aromatic rings. The highest BCUT2D eigenvalue weighted by atomic mass is 32.2. The average molecular weight is 612 g/mol. The Morgan fingerprint density at radius 1 is 1.02 bits per heavy atom. The van der Waals surface area contributed by atoms with E-state index in [1.165, 1.54) is 25.9 Å². The fourth-order valence-electron chi connectivity index (χ4n) is 4.46. The molecule has 224 valence electrons. The number of aromatic amines is 1. The second-order valence-electron chi connectivity index (χ2n) is 9.09. The Balaban J connectivity index is 1.78. The van der Waals surface area contributed by atoms with Gasteiger partial charge in [0.1, 0.15) is 5.82 Å². The number of benzene rings is 2. The molecule has 17 heteroatoms. The van der Waals surface area contributed by atoms with Gasteiger partial charge in [-0.15, -0.1) is 0 Å². The number of sulfonamides is 1. The van der Waals surface area contributed by atoms with Crippen LogP contribution in [0.1, 0.15) is 18.1 Å². The standard InChI is InChI=1S/C25H24F3N5O8S/c1-13(34)29-15-5-7-16(8-6-15)42(38,39)32-24(25(26,27)28)19-20(30-22(24)36)33(23(37)31-21(19)35)11-10-14-4-9-17(40-2)18(12-14)41-3/h4-9,12,32H,10-11H2,1-3H3,(H,29,34)(H,30,36)(H,31,35,37)/t24-/m1/s1. The molecule has 0 saturated heterocycles. The number of anilines is 2. The molecule has 0 saturated carbocycles. The summed E-state index contributed by atoms with van der Waals surface area (Å²) < 4.78 is 82.9. The maximum Gasteiger partial charge on any atom is 0.421 e. The molecule has 4 N–H and O–H groups in total. The van der Waals surface area contributed by atoms with Gasteiger partial charge in [0.15, 0.2) is 11.5 Å². The molecule has 0 aliphatic carbocycles. The quantitative estimate of drug-likeness (QED) is 0.281. The number of H-pyrrole nitrogens is 1. The normalized spacial score (nSPS) is 16.5. The van der Waals surface area contributed by atoms with E-state index < -0.39 is 61.1 Å². The first-order valence-electron chi connectivity index (χ1n) is 12.0. The number of carbonyl (C=O) groups excluding carboxylic acids is 2. The van der Waals surface area contributed by atoms with Gasteiger partial charge in [0.2, 0.25) is 21.5 Å². The molecule has 13 nitrogen and oxygen atoms in total. The van der Waals surface area contributed by atoms with Gasteiger partial charge in [-0.05, 0) is 48.4 Å². The van der Waals surface area contributed by atoms with Crippen molar-refractivity contribution in [3.63, 3.8) is 0 Å². The predicted molar refractivity (Wildman–Crippen MR) is 142 cm³/mol. The maximum atomic E-state index is 14.7. The molecule has 0 unspecified atom stereocenters. The number of nitrogens with zero attached hydrogens (tertiary/aromatic N) is 1. The molecular weight excluding hydrogens is 587 g/mol. The molecule has 2 heterocycles. The van der Waals surface area contributed by atoms with Crippen LogP contribution in [0, 0.1) is 0 Å². The summed E-state index contributed by atoms with van der Waals surface area (Å²) >= 11 is 0. The fourth-order valence-corrected chi connectivity index (χ4v) is 5.79. The Morgan fingerprint density at radius 3 is 2.24 bits per heavy atom. The Kier molecular flexibility index (Phi) is 7.92. The van der Waals surface area contributed by atoms with Crippen molar-refractivity contribution >= 4 is 33.3 Å². The Morgan fingerprint density at radius 2 is 1.67 bits per heavy atom. The molecule has 0 radical (unpaired) electrons. The van der Waals surface area contributed by atoms with E-state index in [4.69, 9.17) is 9.47 Å². The van der Waals surface area contributed by atoms with Gasteiger partial charge in [0, 0.05) is 19.2 Å². The lowest BCUT2D eigenvalue weighted by atomic mass is 9.93. The van der Waals surface area contributed by atoms with E-state index in [9.17, 15) is 40.8 Å². The highest BCUT2D eigenvalue weighted by Gasteiger charge is 2.69. The van der Waals surface area contributed by atoms with Gasteiger partial charge in [-0.1, -0.05) is 6.07 Å². The number of methoxy groups -OCH3 is 2. The van der Waals surface area contributed by atoms with Crippen LogP contribution in [0.5, 0.6) is 11.5 Å². The third kappa shape index (κ3) is 5.35. The number of carbonyl (C=O) groups is 2. The second-order valence-corrected chi connectivity index (χ2v) is 10.8. The summed E-state index contributed by atoms with van der Waals surface area (Å²) in [6.45, 7) is 0.874. The molecule has 2 aromatic carbocycles. The number of nitrogens with one attached hydrogen (secondary N) is 4. The summed E-state index contributed by atoms with van der Waals surface area (Å²) in [6.07, 6.45) is -5.65. The zero-order valence-electron chi connectivity index (χ0n) is 22.2. The van der Waals surface area contributed by atoms with Crippen molar-refractivity contribution in [3.05, 3.63) is 74.4 Å². The van der Waals surface area contributed by atoms with Crippen LogP contribution in [-0.4, -0.2) is 50.2 Å². The average Bonchev–Trinajstić information content (AvgIpc) is 3.20. The molecule has 1 atom stereocenters. The van der Waals surface area contributed by atoms with Crippen LogP contribution in [0.15, 0.2) is 56.9 Å². The molecule has 1 aromatic heterocycles. The van der Waals surface area contributed by atoms with Crippen molar-refractivity contribution in [2.75, 3.05) is 24.9 Å². The molecule has 1 aliphatic rings. The number of hydrogen-bond acceptors (Lipinski definition) is 8. The van der Waals surface area contributed by atoms with Crippen molar-refractivity contribution in [3.8, 4) is 11.5 Å². The lowest BCUT2D eigenvalue weighted by Gasteiger charge is -2.29. The van der Waals surface area contributed by atoms with Gasteiger partial charge >= 0.3 is 11.9 Å². The summed E-state index contributed by atoms with van der Waals surface area (Å²) in [6, 6.07) is 8.80. The van der Waals surface area contributed by atoms with Crippen LogP contribution in [0.25, 0.3) is 0 Å². The summed E-state index contributed by atoms with van der Waals surface area (Å²) in [5.74, 6) is -2.47. The van der Waals surface area contributed by atoms with Crippen LogP contribution in [-0.2, 0) is 38.1 Å². The number of alkyl halides is 3. The van der Waals surface area contributed by atoms with Crippen molar-refractivity contribution < 1.29 is 40.7 Å². The Bertz CT molecular complexity index is 1790. The molecular formula is C25H24F3N5O8S. The van der Waals surface area contributed by atoms with E-state index in [1.54, 1.807) is 23.2 Å². The van der Waals surface area contributed by atoms with Gasteiger partial charge in [0.05, 0.1) is 24.7 Å². The fraction of sp³-hybridized carbons (Fsp3) is 0.280. The lowest BCUT2D eigenvalue weighted by Crippen LogP contribution is -2.61. The van der Waals surface area contributed by atoms with E-state index in [2.05, 4.69) is 5.32 Å². The number of aryl methyl sites for hydroxylation is 1. The SMILES string of the molecule is COc1ccc(CCn2c3c(c(=O)[nH]c2=O)[C@](NS(=O)(=O)c2ccc(NC(C)=O)cc2)(C(F)(F)F)C(=O)N3)cc1OC. The van der Waals surface area contributed by atoms with Crippen LogP contribution in [0.3, 0.4) is 0 Å². The topological polar surface area (TPSA) is 178 Å². The third-order valence-corrected chi connectivity index (χ3v) is 7.88. The predicted octanol–water partition coefficient (Wildman–Crippen LogP) is 1.44. The first kappa shape index (κ1) is 30.3. The minimum absolute atomic E-state index is 0.0278. The van der Waals surface area contributed by atoms with Crippen LogP contribution < -0.4 is 36.1 Å². The second kappa shape index (κ2) is 11.0. The van der Waals surface area contributed by atoms with Crippen molar-refractivity contribution in [1.29, 1.82) is 0 Å². The molecule has 0 fully saturated rings. The molecule has 1 aliphatic heterocycles. The van der Waals surface area contributed by atoms with Gasteiger partial charge in [0.25, 0.3) is 11.5 Å². The third-order valence-electron chi connectivity index (χ3n) is 6.42. The largest absolute Gasteiger partial charge is 0.493 e. The van der Waals surface area contributed by atoms with Gasteiger partial charge in [-0.25, -0.2) is 13.2 Å². The summed E-state index contributed by atoms with van der Waals surface area (Å²) in [4.78, 5) is 50.8. The molecule has 4 rings (SSSR count). The van der Waals surface area contributed by atoms with E-state index in [-0.39, 0.29) is 18.7 Å². The number of ether oxygens (including phenoxy) is 2. The number of aromatic nitrogens is 2. The van der Waals surface area contributed by atoms with Gasteiger partial charge in [-0.3, -0.25) is 23.9 Å². The number of hydrogen-bond donors (Lipinski definition) is 4. The summed E-state index contributed by atoms with van der Waals surface area (Å²) in [5.41, 5.74) is -7.44. The van der Waals surface area contributed by atoms with Crippen molar-refractivity contribution in [2.45, 2.75) is 36.5 Å². The number of rotatable bonds is 9. The summed E-state index contributed by atoms with van der Waals surface area (Å²) in [7, 11) is -2.31. The summed E-state index contributed by atoms with van der Waals surface area (Å²) in [5, 5.41) is 4.27. The van der Waals surface area contributed by atoms with E-state index in [1.807, 2.05) is 5.32 Å². The smallest absolute Gasteiger partial charge is 0.421 e. The Hall–Kier alpha value is -4.64. The lowest BCUT2D eigenvalue weighted by molar-refractivity contribution is -0.194. The van der Waals surface area contributed by atoms with E-state index in [0.717, 1.165) is 24.3 Å². The zero-order valence-corrected chi connectivity index (χ0v) is 23.0. The van der Waals surface area contributed by atoms with Crippen LogP contribution >= 0.6 is 0 Å². The zero-order chi connectivity index (χ0) is 31.0. The van der Waals surface area contributed by atoms with E-state index >= 15 is 0 Å². The van der Waals surface area contributed by atoms with Crippen molar-refractivity contribution in [1.82, 2.24) is 14.3 Å². The Labute approximate surface area is 235 Å². The van der Waals surface area contributed by atoms with Gasteiger partial charge in [-0.2, -0.15) is 17.9 Å². The highest BCUT2D eigenvalue weighted by Crippen LogP contribution is 2.46. The maximum absolute atomic E-state index is 14.7.